The Morgan fingerprint density at radius 2 is 1.88 bits per heavy atom. The Morgan fingerprint density at radius 1 is 1.24 bits per heavy atom. The summed E-state index contributed by atoms with van der Waals surface area (Å²) in [5.41, 5.74) is 5.21. The summed E-state index contributed by atoms with van der Waals surface area (Å²) in [5.74, 6) is 0. The van der Waals surface area contributed by atoms with E-state index in [2.05, 4.69) is 67.3 Å². The quantitative estimate of drug-likeness (QED) is 0.563. The van der Waals surface area contributed by atoms with Crippen LogP contribution in [0.1, 0.15) is 16.7 Å². The first kappa shape index (κ1) is 11.6. The average Bonchev–Trinajstić information content (AvgIpc) is 2.65. The van der Waals surface area contributed by atoms with E-state index in [4.69, 9.17) is 0 Å². The lowest BCUT2D eigenvalue weighted by molar-refractivity contribution is -0.686. The number of imidazole rings is 1. The average molecular weight is 227 g/mol. The summed E-state index contributed by atoms with van der Waals surface area (Å²) in [6.07, 6.45) is 8.17. The van der Waals surface area contributed by atoms with Crippen molar-refractivity contribution >= 4 is 0 Å². The highest BCUT2D eigenvalue weighted by molar-refractivity contribution is 5.48. The van der Waals surface area contributed by atoms with Gasteiger partial charge < -0.3 is 0 Å². The van der Waals surface area contributed by atoms with Gasteiger partial charge in [0.2, 0.25) is 6.33 Å². The van der Waals surface area contributed by atoms with Crippen LogP contribution < -0.4 is 4.57 Å². The molecule has 0 N–H and O–H groups in total. The van der Waals surface area contributed by atoms with Gasteiger partial charge in [0.1, 0.15) is 24.6 Å². The number of nitrogens with zero attached hydrogens (tertiary/aromatic N) is 2. The number of allylic oxidation sites excluding steroid dienone is 1. The number of hydrogen-bond acceptors (Lipinski definition) is 0. The Bertz CT molecular complexity index is 527. The zero-order valence-electron chi connectivity index (χ0n) is 10.8. The number of rotatable bonds is 3. The van der Waals surface area contributed by atoms with E-state index in [1.54, 1.807) is 0 Å². The number of benzene rings is 1. The molecule has 0 unspecified atom stereocenters. The Hall–Kier alpha value is -1.83. The Morgan fingerprint density at radius 3 is 2.47 bits per heavy atom. The largest absolute Gasteiger partial charge is 0.249 e. The second kappa shape index (κ2) is 4.58. The van der Waals surface area contributed by atoms with E-state index >= 15 is 0 Å². The smallest absolute Gasteiger partial charge is 0.233 e. The molecule has 0 aliphatic heterocycles. The summed E-state index contributed by atoms with van der Waals surface area (Å²) in [6.45, 7) is 11.1. The third-order valence-corrected chi connectivity index (χ3v) is 2.92. The first-order valence-electron chi connectivity index (χ1n) is 5.88. The highest BCUT2D eigenvalue weighted by atomic mass is 15.1. The van der Waals surface area contributed by atoms with E-state index in [9.17, 15) is 0 Å². The van der Waals surface area contributed by atoms with Crippen molar-refractivity contribution in [3.63, 3.8) is 0 Å². The molecule has 88 valence electrons. The molecule has 0 amide bonds. The van der Waals surface area contributed by atoms with Crippen LogP contribution in [-0.4, -0.2) is 4.57 Å². The molecule has 17 heavy (non-hydrogen) atoms. The minimum absolute atomic E-state index is 0.844. The second-order valence-electron chi connectivity index (χ2n) is 4.55. The third-order valence-electron chi connectivity index (χ3n) is 2.92. The molecule has 0 bridgehead atoms. The van der Waals surface area contributed by atoms with Gasteiger partial charge in [0.25, 0.3) is 0 Å². The summed E-state index contributed by atoms with van der Waals surface area (Å²) in [5, 5.41) is 0. The predicted molar refractivity (Wildman–Crippen MR) is 70.4 cm³/mol. The highest BCUT2D eigenvalue weighted by Crippen LogP contribution is 2.20. The molecule has 2 nitrogen and oxygen atoms in total. The van der Waals surface area contributed by atoms with Crippen molar-refractivity contribution in [1.82, 2.24) is 4.57 Å². The van der Waals surface area contributed by atoms with Crippen LogP contribution in [0.25, 0.3) is 5.69 Å². The van der Waals surface area contributed by atoms with Crippen LogP contribution >= 0.6 is 0 Å². The second-order valence-corrected chi connectivity index (χ2v) is 4.55. The topological polar surface area (TPSA) is 8.81 Å². The fraction of sp³-hybridized carbons (Fsp3) is 0.267. The highest BCUT2D eigenvalue weighted by Gasteiger charge is 2.12. The first-order valence-corrected chi connectivity index (χ1v) is 5.88. The number of aryl methyl sites for hydroxylation is 3. The monoisotopic (exact) mass is 227 g/mol. The SMILES string of the molecule is C=CC[n+]1ccn(-c2c(C)cc(C)cc2C)c1. The predicted octanol–water partition coefficient (Wildman–Crippen LogP) is 2.88. The molecule has 1 heterocycles. The van der Waals surface area contributed by atoms with Gasteiger partial charge in [0, 0.05) is 0 Å². The van der Waals surface area contributed by atoms with Gasteiger partial charge in [0.05, 0.1) is 0 Å². The van der Waals surface area contributed by atoms with Gasteiger partial charge in [-0.2, -0.15) is 0 Å². The van der Waals surface area contributed by atoms with Gasteiger partial charge >= 0.3 is 0 Å². The summed E-state index contributed by atoms with van der Waals surface area (Å²) in [7, 11) is 0. The van der Waals surface area contributed by atoms with Crippen molar-refractivity contribution in [3.8, 4) is 5.69 Å². The van der Waals surface area contributed by atoms with E-state index in [0.29, 0.717) is 0 Å². The summed E-state index contributed by atoms with van der Waals surface area (Å²) in [4.78, 5) is 0. The maximum atomic E-state index is 3.75. The lowest BCUT2D eigenvalue weighted by Crippen LogP contribution is -2.29. The molecule has 0 aliphatic rings. The minimum Gasteiger partial charge on any atom is -0.233 e. The van der Waals surface area contributed by atoms with E-state index < -0.39 is 0 Å². The number of hydrogen-bond donors (Lipinski definition) is 0. The molecule has 0 atom stereocenters. The molecule has 2 heteroatoms. The van der Waals surface area contributed by atoms with Gasteiger partial charge in [-0.25, -0.2) is 9.13 Å². The van der Waals surface area contributed by atoms with Gasteiger partial charge in [-0.1, -0.05) is 30.4 Å². The molecule has 1 aromatic carbocycles. The Balaban J connectivity index is 2.48. The minimum atomic E-state index is 0.844. The van der Waals surface area contributed by atoms with Gasteiger partial charge in [0.15, 0.2) is 0 Å². The molecular formula is C15H19N2+. The molecule has 2 rings (SSSR count). The summed E-state index contributed by atoms with van der Waals surface area (Å²) >= 11 is 0. The molecule has 0 saturated heterocycles. The van der Waals surface area contributed by atoms with Crippen LogP contribution in [0.5, 0.6) is 0 Å². The lowest BCUT2D eigenvalue weighted by Gasteiger charge is -2.06. The van der Waals surface area contributed by atoms with Crippen molar-refractivity contribution in [1.29, 1.82) is 0 Å². The van der Waals surface area contributed by atoms with Gasteiger partial charge in [-0.15, -0.1) is 0 Å². The summed E-state index contributed by atoms with van der Waals surface area (Å²) in [6, 6.07) is 4.44. The molecular weight excluding hydrogens is 208 g/mol. The van der Waals surface area contributed by atoms with Crippen molar-refractivity contribution < 1.29 is 4.57 Å². The van der Waals surface area contributed by atoms with Crippen LogP contribution in [-0.2, 0) is 6.54 Å². The van der Waals surface area contributed by atoms with Gasteiger partial charge in [-0.3, -0.25) is 0 Å². The zero-order chi connectivity index (χ0) is 12.4. The van der Waals surface area contributed by atoms with Crippen LogP contribution in [0.4, 0.5) is 0 Å². The van der Waals surface area contributed by atoms with Crippen LogP contribution in [0.15, 0.2) is 43.5 Å². The number of aromatic nitrogens is 2. The summed E-state index contributed by atoms with van der Waals surface area (Å²) < 4.78 is 4.29. The van der Waals surface area contributed by atoms with Crippen molar-refractivity contribution in [2.45, 2.75) is 27.3 Å². The van der Waals surface area contributed by atoms with E-state index in [-0.39, 0.29) is 0 Å². The van der Waals surface area contributed by atoms with Crippen LogP contribution in [0, 0.1) is 20.8 Å². The van der Waals surface area contributed by atoms with Gasteiger partial charge in [-0.05, 0) is 31.9 Å². The third kappa shape index (κ3) is 2.31. The van der Waals surface area contributed by atoms with Crippen molar-refractivity contribution in [2.75, 3.05) is 0 Å². The van der Waals surface area contributed by atoms with Crippen LogP contribution in [0.2, 0.25) is 0 Å². The fourth-order valence-corrected chi connectivity index (χ4v) is 2.36. The maximum absolute atomic E-state index is 3.75. The molecule has 1 aromatic heterocycles. The lowest BCUT2D eigenvalue weighted by atomic mass is 10.1. The molecule has 0 radical (unpaired) electrons. The maximum Gasteiger partial charge on any atom is 0.249 e. The van der Waals surface area contributed by atoms with E-state index in [0.717, 1.165) is 6.54 Å². The fourth-order valence-electron chi connectivity index (χ4n) is 2.36. The molecule has 0 spiro atoms. The molecule has 0 saturated carbocycles. The molecule has 2 aromatic rings. The van der Waals surface area contributed by atoms with E-state index in [1.165, 1.54) is 22.4 Å². The van der Waals surface area contributed by atoms with Crippen molar-refractivity contribution in [2.24, 2.45) is 0 Å². The van der Waals surface area contributed by atoms with Crippen LogP contribution in [0.3, 0.4) is 0 Å². The Kier molecular flexibility index (Phi) is 3.14. The normalized spacial score (nSPS) is 10.5. The first-order chi connectivity index (χ1) is 8.11. The van der Waals surface area contributed by atoms with Crippen molar-refractivity contribution in [3.05, 3.63) is 60.2 Å². The molecule has 0 aliphatic carbocycles. The standard InChI is InChI=1S/C15H19N2/c1-5-6-16-7-8-17(11-16)15-13(3)9-12(2)10-14(15)4/h5,7-11H,1,6H2,2-4H3/q+1. The molecule has 0 fully saturated rings. The Labute approximate surface area is 103 Å². The van der Waals surface area contributed by atoms with E-state index in [1.807, 2.05) is 6.08 Å². The zero-order valence-corrected chi connectivity index (χ0v) is 10.8.